The van der Waals surface area contributed by atoms with Crippen molar-refractivity contribution < 1.29 is 4.92 Å². The number of rotatable bonds is 2. The van der Waals surface area contributed by atoms with Gasteiger partial charge in [0.15, 0.2) is 0 Å². The first kappa shape index (κ1) is 9.49. The van der Waals surface area contributed by atoms with Crippen LogP contribution in [0, 0.1) is 21.4 Å². The zero-order valence-electron chi connectivity index (χ0n) is 6.53. The molecular formula is C8H5ClN2O2. The van der Waals surface area contributed by atoms with E-state index in [1.165, 1.54) is 18.2 Å². The first-order valence-corrected chi connectivity index (χ1v) is 3.82. The Morgan fingerprint density at radius 1 is 1.62 bits per heavy atom. The fourth-order valence-corrected chi connectivity index (χ4v) is 1.15. The van der Waals surface area contributed by atoms with E-state index >= 15 is 0 Å². The lowest BCUT2D eigenvalue weighted by Gasteiger charge is -1.97. The molecule has 0 amide bonds. The van der Waals surface area contributed by atoms with E-state index in [9.17, 15) is 10.1 Å². The standard InChI is InChI=1S/C8H5ClN2O2/c9-7-1-2-8(11(12)13)6(5-7)3-4-10/h1-2,5H,3H2. The van der Waals surface area contributed by atoms with Crippen LogP contribution in [0.1, 0.15) is 5.56 Å². The van der Waals surface area contributed by atoms with Gasteiger partial charge in [-0.05, 0) is 12.1 Å². The number of hydrogen-bond donors (Lipinski definition) is 0. The van der Waals surface area contributed by atoms with Gasteiger partial charge in [-0.15, -0.1) is 0 Å². The van der Waals surface area contributed by atoms with Crippen LogP contribution in [0.25, 0.3) is 0 Å². The molecule has 4 nitrogen and oxygen atoms in total. The van der Waals surface area contributed by atoms with Crippen molar-refractivity contribution in [1.82, 2.24) is 0 Å². The fourth-order valence-electron chi connectivity index (χ4n) is 0.959. The van der Waals surface area contributed by atoms with Gasteiger partial charge in [0.2, 0.25) is 0 Å². The van der Waals surface area contributed by atoms with Crippen LogP contribution < -0.4 is 0 Å². The van der Waals surface area contributed by atoms with Gasteiger partial charge in [0.25, 0.3) is 5.69 Å². The summed E-state index contributed by atoms with van der Waals surface area (Å²) < 4.78 is 0. The molecule has 0 atom stereocenters. The molecule has 0 aliphatic heterocycles. The molecule has 13 heavy (non-hydrogen) atoms. The number of benzene rings is 1. The molecular weight excluding hydrogens is 192 g/mol. The quantitative estimate of drug-likeness (QED) is 0.539. The van der Waals surface area contributed by atoms with Crippen molar-refractivity contribution in [2.45, 2.75) is 6.42 Å². The monoisotopic (exact) mass is 196 g/mol. The van der Waals surface area contributed by atoms with Crippen molar-refractivity contribution in [2.24, 2.45) is 0 Å². The van der Waals surface area contributed by atoms with Crippen LogP contribution in [-0.4, -0.2) is 4.92 Å². The van der Waals surface area contributed by atoms with Gasteiger partial charge in [0, 0.05) is 16.7 Å². The topological polar surface area (TPSA) is 66.9 Å². The lowest BCUT2D eigenvalue weighted by atomic mass is 10.1. The Kier molecular flexibility index (Phi) is 2.83. The van der Waals surface area contributed by atoms with Gasteiger partial charge in [-0.25, -0.2) is 0 Å². The zero-order chi connectivity index (χ0) is 9.84. The molecule has 5 heteroatoms. The third kappa shape index (κ3) is 2.17. The molecule has 0 radical (unpaired) electrons. The van der Waals surface area contributed by atoms with Gasteiger partial charge in [0.1, 0.15) is 0 Å². The SMILES string of the molecule is N#CCc1cc(Cl)ccc1[N+](=O)[O-]. The van der Waals surface area contributed by atoms with E-state index in [0.717, 1.165) is 0 Å². The number of nitriles is 1. The van der Waals surface area contributed by atoms with Crippen LogP contribution in [0.4, 0.5) is 5.69 Å². The minimum atomic E-state index is -0.525. The van der Waals surface area contributed by atoms with Crippen LogP contribution in [0.5, 0.6) is 0 Å². The molecule has 0 fully saturated rings. The highest BCUT2D eigenvalue weighted by Gasteiger charge is 2.12. The number of nitro groups is 1. The van der Waals surface area contributed by atoms with E-state index in [1.807, 2.05) is 6.07 Å². The minimum Gasteiger partial charge on any atom is -0.258 e. The number of hydrogen-bond acceptors (Lipinski definition) is 3. The predicted molar refractivity (Wildman–Crippen MR) is 47.4 cm³/mol. The summed E-state index contributed by atoms with van der Waals surface area (Å²) in [5.74, 6) is 0. The van der Waals surface area contributed by atoms with E-state index in [0.29, 0.717) is 10.6 Å². The Balaban J connectivity index is 3.20. The van der Waals surface area contributed by atoms with Crippen molar-refractivity contribution in [3.8, 4) is 6.07 Å². The Hall–Kier alpha value is -1.60. The van der Waals surface area contributed by atoms with Gasteiger partial charge in [0.05, 0.1) is 17.4 Å². The molecule has 0 aliphatic carbocycles. The largest absolute Gasteiger partial charge is 0.273 e. The third-order valence-electron chi connectivity index (χ3n) is 1.51. The van der Waals surface area contributed by atoms with E-state index < -0.39 is 4.92 Å². The van der Waals surface area contributed by atoms with E-state index in [4.69, 9.17) is 16.9 Å². The highest BCUT2D eigenvalue weighted by Crippen LogP contribution is 2.22. The van der Waals surface area contributed by atoms with Crippen LogP contribution in [0.15, 0.2) is 18.2 Å². The molecule has 0 spiro atoms. The molecule has 1 rings (SSSR count). The summed E-state index contributed by atoms with van der Waals surface area (Å²) in [6.07, 6.45) is -0.00310. The highest BCUT2D eigenvalue weighted by molar-refractivity contribution is 6.30. The predicted octanol–water partition coefficient (Wildman–Crippen LogP) is 2.31. The average Bonchev–Trinajstić information content (AvgIpc) is 2.04. The second-order valence-electron chi connectivity index (χ2n) is 2.37. The molecule has 1 aromatic rings. The van der Waals surface area contributed by atoms with Crippen molar-refractivity contribution >= 4 is 17.3 Å². The van der Waals surface area contributed by atoms with Gasteiger partial charge < -0.3 is 0 Å². The first-order chi connectivity index (χ1) is 6.15. The summed E-state index contributed by atoms with van der Waals surface area (Å²) >= 11 is 5.63. The Morgan fingerprint density at radius 3 is 2.85 bits per heavy atom. The maximum Gasteiger partial charge on any atom is 0.273 e. The van der Waals surface area contributed by atoms with Crippen LogP contribution in [-0.2, 0) is 6.42 Å². The van der Waals surface area contributed by atoms with Gasteiger partial charge in [-0.1, -0.05) is 11.6 Å². The molecule has 0 heterocycles. The second kappa shape index (κ2) is 3.87. The van der Waals surface area contributed by atoms with E-state index in [2.05, 4.69) is 0 Å². The molecule has 66 valence electrons. The summed E-state index contributed by atoms with van der Waals surface area (Å²) in [4.78, 5) is 9.94. The minimum absolute atomic E-state index is 0.00310. The molecule has 0 unspecified atom stereocenters. The van der Waals surface area contributed by atoms with Crippen molar-refractivity contribution in [3.63, 3.8) is 0 Å². The van der Waals surface area contributed by atoms with Crippen LogP contribution in [0.2, 0.25) is 5.02 Å². The van der Waals surface area contributed by atoms with E-state index in [-0.39, 0.29) is 12.1 Å². The van der Waals surface area contributed by atoms with Crippen LogP contribution in [0.3, 0.4) is 0 Å². The summed E-state index contributed by atoms with van der Waals surface area (Å²) in [6.45, 7) is 0. The van der Waals surface area contributed by atoms with E-state index in [1.54, 1.807) is 0 Å². The lowest BCUT2D eigenvalue weighted by molar-refractivity contribution is -0.385. The molecule has 0 aromatic heterocycles. The molecule has 1 aromatic carbocycles. The number of halogens is 1. The second-order valence-corrected chi connectivity index (χ2v) is 2.80. The first-order valence-electron chi connectivity index (χ1n) is 3.45. The van der Waals surface area contributed by atoms with Gasteiger partial charge >= 0.3 is 0 Å². The fraction of sp³-hybridized carbons (Fsp3) is 0.125. The smallest absolute Gasteiger partial charge is 0.258 e. The van der Waals surface area contributed by atoms with Crippen molar-refractivity contribution in [2.75, 3.05) is 0 Å². The summed E-state index contributed by atoms with van der Waals surface area (Å²) in [6, 6.07) is 6.01. The van der Waals surface area contributed by atoms with Crippen molar-refractivity contribution in [1.29, 1.82) is 5.26 Å². The molecule has 0 aliphatic rings. The highest BCUT2D eigenvalue weighted by atomic mass is 35.5. The third-order valence-corrected chi connectivity index (χ3v) is 1.74. The Labute approximate surface area is 79.5 Å². The van der Waals surface area contributed by atoms with Crippen molar-refractivity contribution in [3.05, 3.63) is 38.9 Å². The molecule has 0 bridgehead atoms. The number of nitro benzene ring substituents is 1. The Morgan fingerprint density at radius 2 is 2.31 bits per heavy atom. The Bertz CT molecular complexity index is 384. The summed E-state index contributed by atoms with van der Waals surface area (Å²) in [7, 11) is 0. The van der Waals surface area contributed by atoms with Gasteiger partial charge in [-0.3, -0.25) is 10.1 Å². The average molecular weight is 197 g/mol. The zero-order valence-corrected chi connectivity index (χ0v) is 7.28. The molecule has 0 saturated heterocycles. The normalized spacial score (nSPS) is 9.23. The number of nitrogens with zero attached hydrogens (tertiary/aromatic N) is 2. The summed E-state index contributed by atoms with van der Waals surface area (Å²) in [5, 5.41) is 19.3. The van der Waals surface area contributed by atoms with Crippen LogP contribution >= 0.6 is 11.6 Å². The molecule has 0 saturated carbocycles. The lowest BCUT2D eigenvalue weighted by Crippen LogP contribution is -1.94. The maximum absolute atomic E-state index is 10.5. The molecule has 0 N–H and O–H groups in total. The van der Waals surface area contributed by atoms with Gasteiger partial charge in [-0.2, -0.15) is 5.26 Å². The summed E-state index contributed by atoms with van der Waals surface area (Å²) in [5.41, 5.74) is 0.283. The maximum atomic E-state index is 10.5.